The molecule has 1 fully saturated rings. The summed E-state index contributed by atoms with van der Waals surface area (Å²) in [6.07, 6.45) is 1.32. The highest BCUT2D eigenvalue weighted by molar-refractivity contribution is 5.92. The Morgan fingerprint density at radius 2 is 1.83 bits per heavy atom. The maximum Gasteiger partial charge on any atom is 0.217 e. The van der Waals surface area contributed by atoms with Crippen LogP contribution in [0.5, 0.6) is 11.5 Å². The number of methoxy groups -OCH3 is 2. The minimum atomic E-state index is -0.636. The number of benzene rings is 2. The van der Waals surface area contributed by atoms with Crippen molar-refractivity contribution in [1.82, 2.24) is 15.2 Å². The van der Waals surface area contributed by atoms with Crippen LogP contribution >= 0.6 is 0 Å². The third kappa shape index (κ3) is 5.31. The molecule has 2 aromatic carbocycles. The molecular formula is C28H37N3O4. The molecule has 1 atom stereocenters. The second-order valence-corrected chi connectivity index (χ2v) is 9.67. The van der Waals surface area contributed by atoms with Gasteiger partial charge in [-0.2, -0.15) is 0 Å². The lowest BCUT2D eigenvalue weighted by Gasteiger charge is -2.35. The Bertz CT molecular complexity index is 1180. The summed E-state index contributed by atoms with van der Waals surface area (Å²) >= 11 is 0. The van der Waals surface area contributed by atoms with Crippen LogP contribution in [0.2, 0.25) is 0 Å². The van der Waals surface area contributed by atoms with E-state index < -0.39 is 6.23 Å². The van der Waals surface area contributed by atoms with Crippen molar-refractivity contribution in [2.24, 2.45) is 0 Å². The number of aliphatic hydroxyl groups excluding tert-OH is 1. The molecular weight excluding hydrogens is 442 g/mol. The molecule has 0 radical (unpaired) electrons. The topological polar surface area (TPSA) is 86.8 Å². The molecule has 7 nitrogen and oxygen atoms in total. The minimum Gasteiger partial charge on any atom is -0.493 e. The summed E-state index contributed by atoms with van der Waals surface area (Å²) in [5.74, 6) is 2.10. The highest BCUT2D eigenvalue weighted by Crippen LogP contribution is 2.40. The van der Waals surface area contributed by atoms with E-state index in [0.717, 1.165) is 42.7 Å². The molecule has 1 amide bonds. The van der Waals surface area contributed by atoms with Crippen molar-refractivity contribution in [2.75, 3.05) is 33.9 Å². The fraction of sp³-hybridized carbons (Fsp3) is 0.464. The fourth-order valence-electron chi connectivity index (χ4n) is 5.20. The average molecular weight is 480 g/mol. The molecule has 188 valence electrons. The summed E-state index contributed by atoms with van der Waals surface area (Å²) < 4.78 is 11.0. The lowest BCUT2D eigenvalue weighted by Crippen LogP contribution is -2.46. The summed E-state index contributed by atoms with van der Waals surface area (Å²) in [4.78, 5) is 16.9. The van der Waals surface area contributed by atoms with E-state index in [9.17, 15) is 9.90 Å². The lowest BCUT2D eigenvalue weighted by atomic mass is 9.87. The number of hydrogen-bond donors (Lipinski definition) is 3. The Morgan fingerprint density at radius 1 is 1.11 bits per heavy atom. The highest BCUT2D eigenvalue weighted by Gasteiger charge is 2.26. The first kappa shape index (κ1) is 25.1. The number of amides is 1. The SMILES string of the molecule is COc1ccc(-c2[nH]c3ccc(C4CCN(C(O)CNC(C)=O)CC4)cc3c2C(C)C)cc1OC. The predicted molar refractivity (Wildman–Crippen MR) is 139 cm³/mol. The number of hydrogen-bond acceptors (Lipinski definition) is 5. The number of nitrogens with zero attached hydrogens (tertiary/aromatic N) is 1. The normalized spacial score (nSPS) is 16.0. The first-order chi connectivity index (χ1) is 16.8. The molecule has 1 aliphatic heterocycles. The number of carbonyl (C=O) groups excluding carboxylic acids is 1. The molecule has 1 aliphatic rings. The number of piperidine rings is 1. The number of likely N-dealkylation sites (tertiary alicyclic amines) is 1. The van der Waals surface area contributed by atoms with E-state index in [-0.39, 0.29) is 12.5 Å². The Morgan fingerprint density at radius 3 is 2.46 bits per heavy atom. The first-order valence-corrected chi connectivity index (χ1v) is 12.4. The van der Waals surface area contributed by atoms with Gasteiger partial charge in [0.25, 0.3) is 0 Å². The van der Waals surface area contributed by atoms with Crippen molar-refractivity contribution in [2.45, 2.75) is 51.7 Å². The molecule has 1 aromatic heterocycles. The smallest absolute Gasteiger partial charge is 0.217 e. The van der Waals surface area contributed by atoms with Crippen molar-refractivity contribution in [3.63, 3.8) is 0 Å². The van der Waals surface area contributed by atoms with Crippen LogP contribution in [0.4, 0.5) is 0 Å². The number of ether oxygens (including phenoxy) is 2. The minimum absolute atomic E-state index is 0.118. The van der Waals surface area contributed by atoms with Crippen molar-refractivity contribution in [1.29, 1.82) is 0 Å². The molecule has 0 aliphatic carbocycles. The molecule has 0 bridgehead atoms. The summed E-state index contributed by atoms with van der Waals surface area (Å²) in [6.45, 7) is 7.82. The van der Waals surface area contributed by atoms with Gasteiger partial charge >= 0.3 is 0 Å². The molecule has 3 N–H and O–H groups in total. The van der Waals surface area contributed by atoms with Crippen molar-refractivity contribution >= 4 is 16.8 Å². The molecule has 35 heavy (non-hydrogen) atoms. The van der Waals surface area contributed by atoms with E-state index in [4.69, 9.17) is 9.47 Å². The van der Waals surface area contributed by atoms with Gasteiger partial charge in [-0.1, -0.05) is 19.9 Å². The second-order valence-electron chi connectivity index (χ2n) is 9.67. The first-order valence-electron chi connectivity index (χ1n) is 12.4. The van der Waals surface area contributed by atoms with E-state index >= 15 is 0 Å². The van der Waals surface area contributed by atoms with Gasteiger partial charge in [0.05, 0.1) is 26.5 Å². The number of carbonyl (C=O) groups is 1. The van der Waals surface area contributed by atoms with Crippen LogP contribution in [-0.2, 0) is 4.79 Å². The van der Waals surface area contributed by atoms with Crippen LogP contribution in [0.25, 0.3) is 22.2 Å². The van der Waals surface area contributed by atoms with Gasteiger partial charge in [-0.05, 0) is 66.1 Å². The van der Waals surface area contributed by atoms with Gasteiger partial charge in [-0.25, -0.2) is 0 Å². The van der Waals surface area contributed by atoms with E-state index in [0.29, 0.717) is 23.3 Å². The summed E-state index contributed by atoms with van der Waals surface area (Å²) in [5, 5.41) is 14.4. The van der Waals surface area contributed by atoms with Crippen LogP contribution < -0.4 is 14.8 Å². The second kappa shape index (κ2) is 10.7. The fourth-order valence-corrected chi connectivity index (χ4v) is 5.20. The number of aliphatic hydroxyl groups is 1. The summed E-state index contributed by atoms with van der Waals surface area (Å²) in [5.41, 5.74) is 5.96. The van der Waals surface area contributed by atoms with Gasteiger partial charge in [0.1, 0.15) is 6.23 Å². The largest absolute Gasteiger partial charge is 0.493 e. The molecule has 3 aromatic rings. The van der Waals surface area contributed by atoms with E-state index in [2.05, 4.69) is 53.3 Å². The quantitative estimate of drug-likeness (QED) is 0.439. The van der Waals surface area contributed by atoms with Gasteiger partial charge in [-0.15, -0.1) is 0 Å². The Labute approximate surface area is 207 Å². The number of rotatable bonds is 8. The summed E-state index contributed by atoms with van der Waals surface area (Å²) in [6, 6.07) is 12.8. The van der Waals surface area contributed by atoms with Crippen LogP contribution in [0, 0.1) is 0 Å². The summed E-state index contributed by atoms with van der Waals surface area (Å²) in [7, 11) is 3.31. The maximum atomic E-state index is 11.1. The molecule has 4 rings (SSSR count). The number of fused-ring (bicyclic) bond motifs is 1. The number of nitrogens with one attached hydrogen (secondary N) is 2. The molecule has 1 saturated heterocycles. The van der Waals surface area contributed by atoms with Crippen LogP contribution in [0.1, 0.15) is 56.6 Å². The van der Waals surface area contributed by atoms with Crippen molar-refractivity contribution < 1.29 is 19.4 Å². The monoisotopic (exact) mass is 479 g/mol. The van der Waals surface area contributed by atoms with Gasteiger partial charge < -0.3 is 24.9 Å². The number of aromatic nitrogens is 1. The van der Waals surface area contributed by atoms with Crippen LogP contribution in [0.3, 0.4) is 0 Å². The van der Waals surface area contributed by atoms with Crippen molar-refractivity contribution in [3.05, 3.63) is 47.5 Å². The Kier molecular flexibility index (Phi) is 7.67. The molecule has 1 unspecified atom stereocenters. The molecule has 2 heterocycles. The van der Waals surface area contributed by atoms with Gasteiger partial charge in [0.2, 0.25) is 5.91 Å². The average Bonchev–Trinajstić information content (AvgIpc) is 3.26. The van der Waals surface area contributed by atoms with Crippen LogP contribution in [0.15, 0.2) is 36.4 Å². The molecule has 0 spiro atoms. The maximum absolute atomic E-state index is 11.1. The third-order valence-electron chi connectivity index (χ3n) is 7.07. The Hall–Kier alpha value is -3.03. The van der Waals surface area contributed by atoms with Crippen LogP contribution in [-0.4, -0.2) is 61.0 Å². The zero-order valence-electron chi connectivity index (χ0n) is 21.4. The standard InChI is InChI=1S/C28H37N3O4/c1-17(2)27-22-14-20(19-10-12-31(13-11-19)26(33)16-29-18(3)32)6-8-23(22)30-28(27)21-7-9-24(34-4)25(15-21)35-5/h6-9,14-15,17,19,26,30,33H,10-13,16H2,1-5H3,(H,29,32). The highest BCUT2D eigenvalue weighted by atomic mass is 16.5. The lowest BCUT2D eigenvalue weighted by molar-refractivity contribution is -0.120. The van der Waals surface area contributed by atoms with Crippen molar-refractivity contribution in [3.8, 4) is 22.8 Å². The Balaban J connectivity index is 1.59. The molecule has 7 heteroatoms. The van der Waals surface area contributed by atoms with E-state index in [1.807, 2.05) is 12.1 Å². The van der Waals surface area contributed by atoms with E-state index in [1.54, 1.807) is 14.2 Å². The van der Waals surface area contributed by atoms with Gasteiger partial charge in [0.15, 0.2) is 11.5 Å². The third-order valence-corrected chi connectivity index (χ3v) is 7.07. The zero-order valence-corrected chi connectivity index (χ0v) is 21.4. The number of aromatic amines is 1. The number of H-pyrrole nitrogens is 1. The van der Waals surface area contributed by atoms with Gasteiger partial charge in [-0.3, -0.25) is 9.69 Å². The molecule has 0 saturated carbocycles. The zero-order chi connectivity index (χ0) is 25.1. The van der Waals surface area contributed by atoms with Gasteiger partial charge in [0, 0.05) is 36.5 Å². The van der Waals surface area contributed by atoms with E-state index in [1.165, 1.54) is 23.4 Å². The predicted octanol–water partition coefficient (Wildman–Crippen LogP) is 4.61.